The second kappa shape index (κ2) is 7.14. The molecule has 0 spiro atoms. The van der Waals surface area contributed by atoms with Crippen LogP contribution in [0.1, 0.15) is 46.5 Å². The van der Waals surface area contributed by atoms with E-state index < -0.39 is 17.8 Å². The van der Waals surface area contributed by atoms with E-state index in [1.54, 1.807) is 20.8 Å². The lowest BCUT2D eigenvalue weighted by Gasteiger charge is -2.32. The van der Waals surface area contributed by atoms with Gasteiger partial charge in [-0.1, -0.05) is 5.16 Å². The molecule has 0 aromatic heterocycles. The first-order chi connectivity index (χ1) is 9.73. The highest BCUT2D eigenvalue weighted by atomic mass is 16.6. The second-order valence-corrected chi connectivity index (χ2v) is 5.86. The summed E-state index contributed by atoms with van der Waals surface area (Å²) in [5.41, 5.74) is 2.37. The van der Waals surface area contributed by atoms with Crippen LogP contribution in [-0.4, -0.2) is 46.8 Å². The Morgan fingerprint density at radius 2 is 2.10 bits per heavy atom. The predicted molar refractivity (Wildman–Crippen MR) is 75.9 cm³/mol. The molecule has 1 rings (SSSR count). The molecule has 2 N–H and O–H groups in total. The normalized spacial score (nSPS) is 20.8. The maximum absolute atomic E-state index is 11.7. The molecular formula is C13H23N3O5. The molecule has 0 aromatic rings. The fraction of sp³-hybridized carbons (Fsp3) is 0.769. The fourth-order valence-electron chi connectivity index (χ4n) is 2.14. The summed E-state index contributed by atoms with van der Waals surface area (Å²) in [6, 6.07) is -0.377. The van der Waals surface area contributed by atoms with E-state index in [-0.39, 0.29) is 6.04 Å². The monoisotopic (exact) mass is 301 g/mol. The van der Waals surface area contributed by atoms with Gasteiger partial charge in [0.2, 0.25) is 0 Å². The van der Waals surface area contributed by atoms with Gasteiger partial charge in [0.25, 0.3) is 0 Å². The molecule has 0 aromatic carbocycles. The number of rotatable bonds is 2. The fourth-order valence-corrected chi connectivity index (χ4v) is 2.14. The van der Waals surface area contributed by atoms with E-state index in [1.807, 2.05) is 0 Å². The van der Waals surface area contributed by atoms with E-state index >= 15 is 0 Å². The lowest BCUT2D eigenvalue weighted by atomic mass is 9.93. The number of nitrogens with zero attached hydrogens (tertiary/aromatic N) is 2. The maximum atomic E-state index is 11.7. The lowest BCUT2D eigenvalue weighted by Crippen LogP contribution is -2.53. The van der Waals surface area contributed by atoms with Gasteiger partial charge in [0.15, 0.2) is 0 Å². The van der Waals surface area contributed by atoms with Gasteiger partial charge in [0, 0.05) is 6.42 Å². The minimum atomic E-state index is -1.23. The summed E-state index contributed by atoms with van der Waals surface area (Å²) in [6.45, 7) is 5.13. The van der Waals surface area contributed by atoms with Crippen LogP contribution in [0.4, 0.5) is 9.59 Å². The molecule has 0 aliphatic heterocycles. The highest BCUT2D eigenvalue weighted by Crippen LogP contribution is 2.21. The number of nitrogens with one attached hydrogen (secondary N) is 1. The van der Waals surface area contributed by atoms with Crippen molar-refractivity contribution in [3.05, 3.63) is 0 Å². The molecule has 0 heterocycles. The van der Waals surface area contributed by atoms with Crippen LogP contribution in [0.3, 0.4) is 0 Å². The molecule has 0 saturated heterocycles. The average Bonchev–Trinajstić information content (AvgIpc) is 2.34. The van der Waals surface area contributed by atoms with E-state index in [9.17, 15) is 14.7 Å². The zero-order chi connectivity index (χ0) is 16.0. The molecule has 21 heavy (non-hydrogen) atoms. The van der Waals surface area contributed by atoms with Crippen molar-refractivity contribution in [2.45, 2.75) is 58.1 Å². The number of hydrazine groups is 1. The number of oxime groups is 1. The number of hydrogen-bond acceptors (Lipinski definition) is 5. The van der Waals surface area contributed by atoms with Gasteiger partial charge in [-0.3, -0.25) is 0 Å². The minimum Gasteiger partial charge on any atom is -0.464 e. The molecule has 1 unspecified atom stereocenters. The molecule has 1 aliphatic rings. The van der Waals surface area contributed by atoms with Gasteiger partial charge in [0.1, 0.15) is 12.7 Å². The SMILES string of the molecule is CON=C1CCCC(N(NC(=O)OC(C)(C)C)C(=O)O)C1. The molecule has 8 nitrogen and oxygen atoms in total. The third-order valence-corrected chi connectivity index (χ3v) is 2.88. The van der Waals surface area contributed by atoms with Crippen LogP contribution in [0, 0.1) is 0 Å². The summed E-state index contributed by atoms with van der Waals surface area (Å²) in [7, 11) is 1.45. The Bertz CT molecular complexity index is 417. The number of ether oxygens (including phenoxy) is 1. The van der Waals surface area contributed by atoms with Gasteiger partial charge < -0.3 is 14.7 Å². The van der Waals surface area contributed by atoms with Crippen molar-refractivity contribution in [3.8, 4) is 0 Å². The van der Waals surface area contributed by atoms with Gasteiger partial charge in [0.05, 0.1) is 11.8 Å². The molecule has 0 radical (unpaired) electrons. The molecule has 1 fully saturated rings. The Morgan fingerprint density at radius 3 is 2.62 bits per heavy atom. The molecule has 0 bridgehead atoms. The molecule has 1 atom stereocenters. The zero-order valence-electron chi connectivity index (χ0n) is 12.9. The van der Waals surface area contributed by atoms with Crippen molar-refractivity contribution in [1.82, 2.24) is 10.4 Å². The van der Waals surface area contributed by atoms with Crippen molar-refractivity contribution in [1.29, 1.82) is 0 Å². The number of amides is 2. The number of carbonyl (C=O) groups excluding carboxylic acids is 1. The topological polar surface area (TPSA) is 100 Å². The third kappa shape index (κ3) is 5.88. The summed E-state index contributed by atoms with van der Waals surface area (Å²) >= 11 is 0. The van der Waals surface area contributed by atoms with Crippen molar-refractivity contribution in [2.75, 3.05) is 7.11 Å². The highest BCUT2D eigenvalue weighted by Gasteiger charge is 2.30. The molecule has 8 heteroatoms. The Morgan fingerprint density at radius 1 is 1.43 bits per heavy atom. The van der Waals surface area contributed by atoms with Crippen LogP contribution >= 0.6 is 0 Å². The van der Waals surface area contributed by atoms with Crippen LogP contribution in [0.15, 0.2) is 5.16 Å². The van der Waals surface area contributed by atoms with Gasteiger partial charge in [-0.25, -0.2) is 20.0 Å². The van der Waals surface area contributed by atoms with E-state index in [4.69, 9.17) is 9.57 Å². The van der Waals surface area contributed by atoms with E-state index in [0.717, 1.165) is 23.6 Å². The Balaban J connectivity index is 2.71. The Hall–Kier alpha value is -1.99. The zero-order valence-corrected chi connectivity index (χ0v) is 12.9. The van der Waals surface area contributed by atoms with Crippen molar-refractivity contribution in [3.63, 3.8) is 0 Å². The summed E-state index contributed by atoms with van der Waals surface area (Å²) in [5, 5.41) is 14.0. The average molecular weight is 301 g/mol. The Kier molecular flexibility index (Phi) is 5.80. The van der Waals surface area contributed by atoms with E-state index in [0.29, 0.717) is 12.8 Å². The quantitative estimate of drug-likeness (QED) is 0.762. The molecular weight excluding hydrogens is 278 g/mol. The van der Waals surface area contributed by atoms with Crippen LogP contribution in [0.2, 0.25) is 0 Å². The number of carboxylic acid groups (broad SMARTS) is 1. The van der Waals surface area contributed by atoms with Gasteiger partial charge >= 0.3 is 12.2 Å². The predicted octanol–water partition coefficient (Wildman–Crippen LogP) is 2.35. The number of hydrogen-bond donors (Lipinski definition) is 2. The smallest absolute Gasteiger partial charge is 0.426 e. The van der Waals surface area contributed by atoms with Crippen LogP contribution in [0.5, 0.6) is 0 Å². The first kappa shape index (κ1) is 17.1. The third-order valence-electron chi connectivity index (χ3n) is 2.88. The summed E-state index contributed by atoms with van der Waals surface area (Å²) < 4.78 is 5.07. The molecule has 120 valence electrons. The number of carbonyl (C=O) groups is 2. The van der Waals surface area contributed by atoms with Gasteiger partial charge in [-0.05, 0) is 40.0 Å². The largest absolute Gasteiger partial charge is 0.464 e. The van der Waals surface area contributed by atoms with Crippen molar-refractivity contribution < 1.29 is 24.3 Å². The lowest BCUT2D eigenvalue weighted by molar-refractivity contribution is 0.0242. The molecule has 1 saturated carbocycles. The summed E-state index contributed by atoms with van der Waals surface area (Å²) in [4.78, 5) is 27.8. The van der Waals surface area contributed by atoms with Crippen LogP contribution < -0.4 is 5.43 Å². The summed E-state index contributed by atoms with van der Waals surface area (Å²) in [5.74, 6) is 0. The van der Waals surface area contributed by atoms with E-state index in [1.165, 1.54) is 7.11 Å². The first-order valence-corrected chi connectivity index (χ1v) is 6.83. The van der Waals surface area contributed by atoms with E-state index in [2.05, 4.69) is 10.6 Å². The van der Waals surface area contributed by atoms with Crippen molar-refractivity contribution in [2.24, 2.45) is 5.16 Å². The first-order valence-electron chi connectivity index (χ1n) is 6.83. The van der Waals surface area contributed by atoms with Crippen LogP contribution in [-0.2, 0) is 9.57 Å². The highest BCUT2D eigenvalue weighted by molar-refractivity contribution is 5.86. The Labute approximate surface area is 124 Å². The summed E-state index contributed by atoms with van der Waals surface area (Å²) in [6.07, 6.45) is 0.600. The maximum Gasteiger partial charge on any atom is 0.426 e. The molecule has 1 aliphatic carbocycles. The standard InChI is InChI=1S/C13H23N3O5/c1-13(2,3)21-11(17)14-16(12(18)19)10-7-5-6-9(8-10)15-20-4/h10H,5-8H2,1-4H3,(H,14,17)(H,18,19). The van der Waals surface area contributed by atoms with Crippen LogP contribution in [0.25, 0.3) is 0 Å². The minimum absolute atomic E-state index is 0.377. The van der Waals surface area contributed by atoms with Gasteiger partial charge in [-0.15, -0.1) is 0 Å². The van der Waals surface area contributed by atoms with Gasteiger partial charge in [-0.2, -0.15) is 0 Å². The van der Waals surface area contributed by atoms with Crippen molar-refractivity contribution >= 4 is 17.9 Å². The second-order valence-electron chi connectivity index (χ2n) is 5.86. The molecule has 2 amide bonds.